The van der Waals surface area contributed by atoms with Crippen molar-refractivity contribution in [1.29, 1.82) is 0 Å². The molecule has 1 rings (SSSR count). The van der Waals surface area contributed by atoms with E-state index in [1.165, 1.54) is 0 Å². The molecule has 1 aliphatic heterocycles. The summed E-state index contributed by atoms with van der Waals surface area (Å²) in [5.41, 5.74) is 0. The van der Waals surface area contributed by atoms with Gasteiger partial charge in [-0.25, -0.2) is 0 Å². The van der Waals surface area contributed by atoms with Crippen molar-refractivity contribution in [3.63, 3.8) is 0 Å². The van der Waals surface area contributed by atoms with E-state index in [1.54, 1.807) is 6.92 Å². The molecule has 0 aliphatic carbocycles. The molecule has 1 atom stereocenters. The Bertz CT molecular complexity index is 212. The van der Waals surface area contributed by atoms with E-state index in [4.69, 9.17) is 4.74 Å². The molecular weight excluding hydrogens is 184 g/mol. The van der Waals surface area contributed by atoms with Crippen LogP contribution in [-0.2, 0) is 14.3 Å². The second-order valence-electron chi connectivity index (χ2n) is 3.20. The number of hydrogen-bond donors (Lipinski definition) is 2. The average molecular weight is 200 g/mol. The number of rotatable bonds is 3. The van der Waals surface area contributed by atoms with Gasteiger partial charge in [0.2, 0.25) is 0 Å². The zero-order valence-corrected chi connectivity index (χ0v) is 8.34. The summed E-state index contributed by atoms with van der Waals surface area (Å²) in [6.07, 6.45) is 2.06. The third-order valence-corrected chi connectivity index (χ3v) is 2.06. The van der Waals surface area contributed by atoms with Crippen molar-refractivity contribution >= 4 is 11.8 Å². The van der Waals surface area contributed by atoms with E-state index in [-0.39, 0.29) is 6.10 Å². The van der Waals surface area contributed by atoms with Crippen LogP contribution in [0.5, 0.6) is 0 Å². The first kappa shape index (κ1) is 11.0. The maximum absolute atomic E-state index is 11.1. The SMILES string of the molecule is CCNC(=O)C(=O)NC[C@@H]1CCCO1. The number of nitrogens with one attached hydrogen (secondary N) is 2. The van der Waals surface area contributed by atoms with Gasteiger partial charge in [-0.05, 0) is 19.8 Å². The fourth-order valence-corrected chi connectivity index (χ4v) is 1.33. The molecule has 1 fully saturated rings. The van der Waals surface area contributed by atoms with Crippen LogP contribution < -0.4 is 10.6 Å². The molecule has 0 radical (unpaired) electrons. The highest BCUT2D eigenvalue weighted by molar-refractivity contribution is 6.35. The van der Waals surface area contributed by atoms with Gasteiger partial charge in [-0.1, -0.05) is 0 Å². The third kappa shape index (κ3) is 3.33. The summed E-state index contributed by atoms with van der Waals surface area (Å²) in [6, 6.07) is 0. The molecule has 5 nitrogen and oxygen atoms in total. The molecule has 2 amide bonds. The Morgan fingerprint density at radius 2 is 2.07 bits per heavy atom. The van der Waals surface area contributed by atoms with Gasteiger partial charge < -0.3 is 15.4 Å². The highest BCUT2D eigenvalue weighted by Crippen LogP contribution is 2.10. The summed E-state index contributed by atoms with van der Waals surface area (Å²) in [5.74, 6) is -1.16. The minimum atomic E-state index is -0.581. The Balaban J connectivity index is 2.16. The Kier molecular flexibility index (Phi) is 4.39. The van der Waals surface area contributed by atoms with Crippen molar-refractivity contribution in [2.75, 3.05) is 19.7 Å². The van der Waals surface area contributed by atoms with Gasteiger partial charge >= 0.3 is 11.8 Å². The smallest absolute Gasteiger partial charge is 0.309 e. The number of amides is 2. The molecule has 2 N–H and O–H groups in total. The van der Waals surface area contributed by atoms with Gasteiger partial charge in [0.1, 0.15) is 0 Å². The van der Waals surface area contributed by atoms with E-state index in [0.29, 0.717) is 13.1 Å². The standard InChI is InChI=1S/C9H16N2O3/c1-2-10-8(12)9(13)11-6-7-4-3-5-14-7/h7H,2-6H2,1H3,(H,10,12)(H,11,13)/t7-/m0/s1. The Hall–Kier alpha value is -1.10. The normalized spacial score (nSPS) is 20.5. The lowest BCUT2D eigenvalue weighted by atomic mass is 10.2. The van der Waals surface area contributed by atoms with Crippen molar-refractivity contribution < 1.29 is 14.3 Å². The van der Waals surface area contributed by atoms with Crippen LogP contribution in [0.2, 0.25) is 0 Å². The van der Waals surface area contributed by atoms with Gasteiger partial charge in [0.25, 0.3) is 0 Å². The molecule has 5 heteroatoms. The van der Waals surface area contributed by atoms with Crippen LogP contribution >= 0.6 is 0 Å². The highest BCUT2D eigenvalue weighted by atomic mass is 16.5. The van der Waals surface area contributed by atoms with E-state index < -0.39 is 11.8 Å². The third-order valence-electron chi connectivity index (χ3n) is 2.06. The molecule has 80 valence electrons. The average Bonchev–Trinajstić information content (AvgIpc) is 2.67. The van der Waals surface area contributed by atoms with Crippen molar-refractivity contribution in [3.8, 4) is 0 Å². The van der Waals surface area contributed by atoms with Crippen LogP contribution in [0.1, 0.15) is 19.8 Å². The van der Waals surface area contributed by atoms with Crippen LogP contribution in [0.25, 0.3) is 0 Å². The van der Waals surface area contributed by atoms with E-state index in [9.17, 15) is 9.59 Å². The monoisotopic (exact) mass is 200 g/mol. The molecule has 0 bridgehead atoms. The first-order valence-corrected chi connectivity index (χ1v) is 4.91. The van der Waals surface area contributed by atoms with Crippen LogP contribution in [0.15, 0.2) is 0 Å². The predicted octanol–water partition coefficient (Wildman–Crippen LogP) is -0.582. The van der Waals surface area contributed by atoms with E-state index in [0.717, 1.165) is 19.4 Å². The fraction of sp³-hybridized carbons (Fsp3) is 0.778. The quantitative estimate of drug-likeness (QED) is 0.599. The second kappa shape index (κ2) is 5.59. The van der Waals surface area contributed by atoms with Crippen LogP contribution in [0.3, 0.4) is 0 Å². The topological polar surface area (TPSA) is 67.4 Å². The molecular formula is C9H16N2O3. The second-order valence-corrected chi connectivity index (χ2v) is 3.20. The van der Waals surface area contributed by atoms with Crippen molar-refractivity contribution in [1.82, 2.24) is 10.6 Å². The number of likely N-dealkylation sites (N-methyl/N-ethyl adjacent to an activating group) is 1. The molecule has 0 unspecified atom stereocenters. The van der Waals surface area contributed by atoms with Crippen LogP contribution in [-0.4, -0.2) is 37.6 Å². The molecule has 1 heterocycles. The minimum absolute atomic E-state index is 0.0772. The van der Waals surface area contributed by atoms with Gasteiger partial charge in [0.15, 0.2) is 0 Å². The van der Waals surface area contributed by atoms with E-state index in [1.807, 2.05) is 0 Å². The van der Waals surface area contributed by atoms with Crippen LogP contribution in [0, 0.1) is 0 Å². The summed E-state index contributed by atoms with van der Waals surface area (Å²) < 4.78 is 5.30. The van der Waals surface area contributed by atoms with Gasteiger partial charge in [-0.3, -0.25) is 9.59 Å². The molecule has 0 spiro atoms. The van der Waals surface area contributed by atoms with Gasteiger partial charge in [-0.15, -0.1) is 0 Å². The van der Waals surface area contributed by atoms with Crippen LogP contribution in [0.4, 0.5) is 0 Å². The number of carbonyl (C=O) groups excluding carboxylic acids is 2. The summed E-state index contributed by atoms with van der Waals surface area (Å²) in [4.78, 5) is 22.1. The number of carbonyl (C=O) groups is 2. The molecule has 0 aromatic carbocycles. The summed E-state index contributed by atoms with van der Waals surface area (Å²) in [5, 5.41) is 4.96. The number of ether oxygens (including phenoxy) is 1. The first-order chi connectivity index (χ1) is 6.74. The predicted molar refractivity (Wildman–Crippen MR) is 50.7 cm³/mol. The maximum Gasteiger partial charge on any atom is 0.309 e. The zero-order valence-electron chi connectivity index (χ0n) is 8.34. The molecule has 14 heavy (non-hydrogen) atoms. The first-order valence-electron chi connectivity index (χ1n) is 4.91. The van der Waals surface area contributed by atoms with Gasteiger partial charge in [0.05, 0.1) is 6.10 Å². The van der Waals surface area contributed by atoms with Gasteiger partial charge in [0, 0.05) is 19.7 Å². The fourth-order valence-electron chi connectivity index (χ4n) is 1.33. The zero-order chi connectivity index (χ0) is 10.4. The molecule has 1 saturated heterocycles. The molecule has 0 aromatic rings. The van der Waals surface area contributed by atoms with Crippen molar-refractivity contribution in [2.24, 2.45) is 0 Å². The Morgan fingerprint density at radius 3 is 2.64 bits per heavy atom. The molecule has 1 aliphatic rings. The van der Waals surface area contributed by atoms with E-state index in [2.05, 4.69) is 10.6 Å². The Morgan fingerprint density at radius 1 is 1.36 bits per heavy atom. The van der Waals surface area contributed by atoms with Crippen molar-refractivity contribution in [3.05, 3.63) is 0 Å². The lowest BCUT2D eigenvalue weighted by Gasteiger charge is -2.09. The Labute approximate surface area is 83.2 Å². The minimum Gasteiger partial charge on any atom is -0.376 e. The van der Waals surface area contributed by atoms with Gasteiger partial charge in [-0.2, -0.15) is 0 Å². The lowest BCUT2D eigenvalue weighted by molar-refractivity contribution is -0.139. The van der Waals surface area contributed by atoms with Crippen molar-refractivity contribution in [2.45, 2.75) is 25.9 Å². The lowest BCUT2D eigenvalue weighted by Crippen LogP contribution is -2.42. The maximum atomic E-state index is 11.1. The molecule has 0 aromatic heterocycles. The summed E-state index contributed by atoms with van der Waals surface area (Å²) in [7, 11) is 0. The highest BCUT2D eigenvalue weighted by Gasteiger charge is 2.18. The number of hydrogen-bond acceptors (Lipinski definition) is 3. The van der Waals surface area contributed by atoms with E-state index >= 15 is 0 Å². The summed E-state index contributed by atoms with van der Waals surface area (Å²) >= 11 is 0. The molecule has 0 saturated carbocycles. The summed E-state index contributed by atoms with van der Waals surface area (Å²) in [6.45, 7) is 3.41. The largest absolute Gasteiger partial charge is 0.376 e.